The molecule has 4 aliphatic carbocycles. The van der Waals surface area contributed by atoms with Gasteiger partial charge in [0, 0.05) is 11.1 Å². The number of allylic oxidation sites excluding steroid dienone is 6. The van der Waals surface area contributed by atoms with Crippen molar-refractivity contribution in [3.05, 3.63) is 239 Å². The van der Waals surface area contributed by atoms with Crippen LogP contribution in [0, 0.1) is 0 Å². The first-order chi connectivity index (χ1) is 28.7. The van der Waals surface area contributed by atoms with Crippen molar-refractivity contribution < 1.29 is 0 Å². The largest absolute Gasteiger partial charge is 0.313 e. The standard InChI is InChI=1S/C57H47N/c1-2-3-20-42-37-40-21-11-12-22-41(40)38-54(42)58(53-32-19-29-49-47-28-13-15-30-50(47)56(55(49)53)35-17-6-18-36-56)45-33-34-48-46-27-14-16-31-51(46)57(52(48)39-45,43-23-7-4-8-24-43)44-25-9-5-10-26-44/h2-5,7-16,19-32,37-39H,1,6,17-18,33-36H2/b20-3-. The van der Waals surface area contributed by atoms with Gasteiger partial charge in [0.25, 0.3) is 0 Å². The zero-order valence-corrected chi connectivity index (χ0v) is 33.0. The predicted molar refractivity (Wildman–Crippen MR) is 245 cm³/mol. The normalized spacial score (nSPS) is 17.1. The molecule has 7 aromatic rings. The lowest BCUT2D eigenvalue weighted by Crippen LogP contribution is -2.32. The maximum atomic E-state index is 4.10. The van der Waals surface area contributed by atoms with Crippen LogP contribution in [0.25, 0.3) is 33.5 Å². The molecule has 7 aromatic carbocycles. The minimum absolute atomic E-state index is 0.0198. The van der Waals surface area contributed by atoms with Gasteiger partial charge in [-0.1, -0.05) is 190 Å². The van der Waals surface area contributed by atoms with Gasteiger partial charge < -0.3 is 4.90 Å². The first-order valence-electron chi connectivity index (χ1n) is 21.2. The zero-order valence-electron chi connectivity index (χ0n) is 33.0. The van der Waals surface area contributed by atoms with Crippen LogP contribution < -0.4 is 4.90 Å². The molecule has 4 aliphatic rings. The summed E-state index contributed by atoms with van der Waals surface area (Å²) in [6.45, 7) is 4.10. The number of benzene rings is 7. The summed E-state index contributed by atoms with van der Waals surface area (Å²) < 4.78 is 0. The Morgan fingerprint density at radius 1 is 0.534 bits per heavy atom. The van der Waals surface area contributed by atoms with Gasteiger partial charge >= 0.3 is 0 Å². The first-order valence-corrected chi connectivity index (χ1v) is 21.2. The maximum Gasteiger partial charge on any atom is 0.0710 e. The van der Waals surface area contributed by atoms with Crippen molar-refractivity contribution in [3.63, 3.8) is 0 Å². The summed E-state index contributed by atoms with van der Waals surface area (Å²) in [5.74, 6) is 0. The van der Waals surface area contributed by atoms with Gasteiger partial charge in [-0.05, 0) is 122 Å². The van der Waals surface area contributed by atoms with Crippen LogP contribution in [-0.2, 0) is 10.8 Å². The maximum absolute atomic E-state index is 4.10. The molecule has 280 valence electrons. The fourth-order valence-electron chi connectivity index (χ4n) is 11.5. The first kappa shape index (κ1) is 34.8. The Hall–Kier alpha value is -6.44. The number of fused-ring (bicyclic) bond motifs is 8. The highest BCUT2D eigenvalue weighted by Gasteiger charge is 2.49. The molecule has 0 amide bonds. The van der Waals surface area contributed by atoms with E-state index in [9.17, 15) is 0 Å². The van der Waals surface area contributed by atoms with Gasteiger partial charge in [-0.15, -0.1) is 0 Å². The Morgan fingerprint density at radius 2 is 1.16 bits per heavy atom. The second kappa shape index (κ2) is 13.9. The third-order valence-corrected chi connectivity index (χ3v) is 13.8. The third kappa shape index (κ3) is 5.09. The summed E-state index contributed by atoms with van der Waals surface area (Å²) in [4.78, 5) is 2.70. The van der Waals surface area contributed by atoms with Gasteiger partial charge in [0.15, 0.2) is 0 Å². The van der Waals surface area contributed by atoms with Crippen LogP contribution in [0.5, 0.6) is 0 Å². The summed E-state index contributed by atoms with van der Waals surface area (Å²) in [6.07, 6.45) is 16.9. The molecule has 1 spiro atoms. The molecule has 0 heterocycles. The van der Waals surface area contributed by atoms with Crippen molar-refractivity contribution in [3.8, 4) is 11.1 Å². The van der Waals surface area contributed by atoms with Gasteiger partial charge in [0.2, 0.25) is 0 Å². The summed E-state index contributed by atoms with van der Waals surface area (Å²) >= 11 is 0. The molecule has 0 N–H and O–H groups in total. The lowest BCUT2D eigenvalue weighted by atomic mass is 9.66. The van der Waals surface area contributed by atoms with E-state index in [1.807, 2.05) is 6.08 Å². The monoisotopic (exact) mass is 745 g/mol. The van der Waals surface area contributed by atoms with Crippen molar-refractivity contribution in [2.24, 2.45) is 0 Å². The second-order valence-electron chi connectivity index (χ2n) is 16.6. The smallest absolute Gasteiger partial charge is 0.0710 e. The number of anilines is 2. The van der Waals surface area contributed by atoms with Gasteiger partial charge in [0.1, 0.15) is 0 Å². The zero-order chi connectivity index (χ0) is 38.7. The highest BCUT2D eigenvalue weighted by molar-refractivity contribution is 5.97. The van der Waals surface area contributed by atoms with Crippen LogP contribution in [0.1, 0.15) is 83.9 Å². The lowest BCUT2D eigenvalue weighted by molar-refractivity contribution is 0.353. The Kier molecular flexibility index (Phi) is 8.33. The van der Waals surface area contributed by atoms with Crippen molar-refractivity contribution >= 4 is 33.8 Å². The fourth-order valence-corrected chi connectivity index (χ4v) is 11.5. The van der Waals surface area contributed by atoms with Gasteiger partial charge in [-0.2, -0.15) is 0 Å². The SMILES string of the molecule is C=C/C=C\c1cc2ccccc2cc1N(C1=CC2=C(CC1)c1ccccc1C2(c1ccccc1)c1ccccc1)c1cccc2c1C1(CCCCC1)c1ccccc1-2. The van der Waals surface area contributed by atoms with E-state index >= 15 is 0 Å². The van der Waals surface area contributed by atoms with Crippen LogP contribution in [0.3, 0.4) is 0 Å². The molecule has 0 bridgehead atoms. The van der Waals surface area contributed by atoms with E-state index in [2.05, 4.69) is 193 Å². The highest BCUT2D eigenvalue weighted by atomic mass is 15.2. The number of hydrogen-bond donors (Lipinski definition) is 0. The lowest BCUT2D eigenvalue weighted by Gasteiger charge is -2.41. The fraction of sp³-hybridized carbons (Fsp3) is 0.158. The van der Waals surface area contributed by atoms with Gasteiger partial charge in [-0.25, -0.2) is 0 Å². The van der Waals surface area contributed by atoms with Crippen LogP contribution in [0.4, 0.5) is 11.4 Å². The minimum atomic E-state index is -0.458. The molecule has 1 nitrogen and oxygen atoms in total. The van der Waals surface area contributed by atoms with Crippen LogP contribution in [-0.4, -0.2) is 0 Å². The van der Waals surface area contributed by atoms with Crippen molar-refractivity contribution in [2.75, 3.05) is 4.90 Å². The molecule has 11 rings (SSSR count). The topological polar surface area (TPSA) is 3.24 Å². The minimum Gasteiger partial charge on any atom is -0.313 e. The molecule has 1 saturated carbocycles. The van der Waals surface area contributed by atoms with E-state index in [0.717, 1.165) is 12.8 Å². The quantitative estimate of drug-likeness (QED) is 0.147. The second-order valence-corrected chi connectivity index (χ2v) is 16.6. The Morgan fingerprint density at radius 3 is 1.88 bits per heavy atom. The molecular formula is C57H47N. The number of hydrogen-bond acceptors (Lipinski definition) is 1. The van der Waals surface area contributed by atoms with Crippen LogP contribution in [0.15, 0.2) is 200 Å². The predicted octanol–water partition coefficient (Wildman–Crippen LogP) is 14.9. The van der Waals surface area contributed by atoms with E-state index in [4.69, 9.17) is 0 Å². The van der Waals surface area contributed by atoms with E-state index < -0.39 is 5.41 Å². The molecule has 0 aliphatic heterocycles. The van der Waals surface area contributed by atoms with E-state index in [1.165, 1.54) is 121 Å². The highest BCUT2D eigenvalue weighted by Crippen LogP contribution is 2.62. The molecule has 0 aromatic heterocycles. The summed E-state index contributed by atoms with van der Waals surface area (Å²) in [6, 6.07) is 61.8. The van der Waals surface area contributed by atoms with Gasteiger partial charge in [-0.3, -0.25) is 0 Å². The molecule has 0 atom stereocenters. The van der Waals surface area contributed by atoms with E-state index in [-0.39, 0.29) is 5.41 Å². The molecule has 0 saturated heterocycles. The van der Waals surface area contributed by atoms with Crippen LogP contribution >= 0.6 is 0 Å². The summed E-state index contributed by atoms with van der Waals surface area (Å²) in [7, 11) is 0. The average Bonchev–Trinajstić information content (AvgIpc) is 3.74. The Labute approximate surface area is 343 Å². The number of rotatable bonds is 7. The van der Waals surface area contributed by atoms with Crippen molar-refractivity contribution in [2.45, 2.75) is 55.8 Å². The summed E-state index contributed by atoms with van der Waals surface area (Å²) in [5, 5.41) is 2.49. The number of nitrogens with zero attached hydrogens (tertiary/aromatic N) is 1. The van der Waals surface area contributed by atoms with E-state index in [0.29, 0.717) is 0 Å². The molecule has 0 radical (unpaired) electrons. The van der Waals surface area contributed by atoms with Crippen molar-refractivity contribution in [1.29, 1.82) is 0 Å². The molecule has 1 fully saturated rings. The molecule has 58 heavy (non-hydrogen) atoms. The Balaban J connectivity index is 1.23. The molecule has 0 unspecified atom stereocenters. The van der Waals surface area contributed by atoms with Crippen LogP contribution in [0.2, 0.25) is 0 Å². The molecule has 1 heteroatoms. The van der Waals surface area contributed by atoms with E-state index in [1.54, 1.807) is 0 Å². The Bertz CT molecular complexity index is 2790. The molecular weight excluding hydrogens is 699 g/mol. The summed E-state index contributed by atoms with van der Waals surface area (Å²) in [5.41, 5.74) is 18.6. The average molecular weight is 746 g/mol. The van der Waals surface area contributed by atoms with Crippen molar-refractivity contribution in [1.82, 2.24) is 0 Å². The third-order valence-electron chi connectivity index (χ3n) is 13.8. The van der Waals surface area contributed by atoms with Gasteiger partial charge in [0.05, 0.1) is 16.8 Å².